The Labute approximate surface area is 194 Å². The minimum absolute atomic E-state index is 0.0677. The van der Waals surface area contributed by atoms with Crippen LogP contribution in [0.15, 0.2) is 24.3 Å². The van der Waals surface area contributed by atoms with Gasteiger partial charge in [0.05, 0.1) is 12.1 Å². The quantitative estimate of drug-likeness (QED) is 0.133. The van der Waals surface area contributed by atoms with Gasteiger partial charge < -0.3 is 10.4 Å². The van der Waals surface area contributed by atoms with Crippen molar-refractivity contribution in [1.82, 2.24) is 5.32 Å². The van der Waals surface area contributed by atoms with Gasteiger partial charge >= 0.3 is 0 Å². The summed E-state index contributed by atoms with van der Waals surface area (Å²) in [7, 11) is 0. The molecule has 0 unspecified atom stereocenters. The van der Waals surface area contributed by atoms with Crippen molar-refractivity contribution in [2.75, 3.05) is 0 Å². The van der Waals surface area contributed by atoms with Crippen LogP contribution in [-0.2, 0) is 4.79 Å². The molecule has 31 heavy (non-hydrogen) atoms. The highest BCUT2D eigenvalue weighted by molar-refractivity contribution is 5.76. The van der Waals surface area contributed by atoms with Crippen molar-refractivity contribution in [2.45, 2.75) is 148 Å². The van der Waals surface area contributed by atoms with Crippen molar-refractivity contribution in [3.8, 4) is 0 Å². The van der Waals surface area contributed by atoms with E-state index in [1.807, 2.05) is 25.2 Å². The van der Waals surface area contributed by atoms with E-state index in [1.165, 1.54) is 83.5 Å². The zero-order valence-electron chi connectivity index (χ0n) is 21.0. The number of hydrogen-bond acceptors (Lipinski definition) is 2. The first-order chi connectivity index (χ1) is 15.2. The third kappa shape index (κ3) is 20.6. The maximum Gasteiger partial charge on any atom is 0.220 e. The molecule has 0 aromatic carbocycles. The maximum absolute atomic E-state index is 12.2. The van der Waals surface area contributed by atoms with Gasteiger partial charge in [0, 0.05) is 6.42 Å². The highest BCUT2D eigenvalue weighted by atomic mass is 16.3. The number of hydrogen-bond donors (Lipinski definition) is 2. The van der Waals surface area contributed by atoms with Crippen LogP contribution in [0.3, 0.4) is 0 Å². The summed E-state index contributed by atoms with van der Waals surface area (Å²) < 4.78 is 0. The number of aliphatic hydroxyl groups excluding tert-OH is 1. The van der Waals surface area contributed by atoms with Crippen LogP contribution < -0.4 is 5.32 Å². The second kappa shape index (κ2) is 23.6. The molecule has 182 valence electrons. The Morgan fingerprint density at radius 3 is 1.68 bits per heavy atom. The zero-order valence-corrected chi connectivity index (χ0v) is 21.0. The molecule has 2 N–H and O–H groups in total. The largest absolute Gasteiger partial charge is 0.387 e. The highest BCUT2D eigenvalue weighted by Crippen LogP contribution is 2.14. The molecule has 0 aromatic rings. The fourth-order valence-corrected chi connectivity index (χ4v) is 3.89. The van der Waals surface area contributed by atoms with Gasteiger partial charge in [-0.1, -0.05) is 135 Å². The number of nitrogens with one attached hydrogen (secondary N) is 1. The average molecular weight is 436 g/mol. The molecular weight excluding hydrogens is 382 g/mol. The number of rotatable bonds is 22. The summed E-state index contributed by atoms with van der Waals surface area (Å²) in [6.07, 6.45) is 29.2. The van der Waals surface area contributed by atoms with Crippen molar-refractivity contribution in [1.29, 1.82) is 0 Å². The van der Waals surface area contributed by atoms with E-state index in [2.05, 4.69) is 19.2 Å². The Kier molecular flexibility index (Phi) is 22.7. The van der Waals surface area contributed by atoms with Crippen LogP contribution in [-0.4, -0.2) is 23.2 Å². The highest BCUT2D eigenvalue weighted by Gasteiger charge is 2.16. The minimum Gasteiger partial charge on any atom is -0.387 e. The molecule has 0 saturated heterocycles. The Bertz CT molecular complexity index is 444. The molecule has 0 saturated carbocycles. The summed E-state index contributed by atoms with van der Waals surface area (Å²) in [5.41, 5.74) is 0. The number of carbonyl (C=O) groups excluding carboxylic acids is 1. The monoisotopic (exact) mass is 435 g/mol. The maximum atomic E-state index is 12.2. The third-order valence-corrected chi connectivity index (χ3v) is 6.00. The first-order valence-corrected chi connectivity index (χ1v) is 13.5. The van der Waals surface area contributed by atoms with E-state index in [-0.39, 0.29) is 11.9 Å². The second-order valence-corrected chi connectivity index (χ2v) is 8.99. The molecular formula is C28H53NO2. The van der Waals surface area contributed by atoms with E-state index in [9.17, 15) is 9.90 Å². The summed E-state index contributed by atoms with van der Waals surface area (Å²) in [6, 6.07) is -0.199. The summed E-state index contributed by atoms with van der Waals surface area (Å²) in [5.74, 6) is 0.0677. The van der Waals surface area contributed by atoms with Crippen LogP contribution in [0.25, 0.3) is 0 Å². The van der Waals surface area contributed by atoms with Gasteiger partial charge in [-0.05, 0) is 19.3 Å². The van der Waals surface area contributed by atoms with Crippen molar-refractivity contribution in [2.24, 2.45) is 0 Å². The molecule has 2 atom stereocenters. The summed E-state index contributed by atoms with van der Waals surface area (Å²) in [4.78, 5) is 12.2. The van der Waals surface area contributed by atoms with Gasteiger partial charge in [0.25, 0.3) is 0 Å². The molecule has 0 aromatic heterocycles. The average Bonchev–Trinajstić information content (AvgIpc) is 2.77. The van der Waals surface area contributed by atoms with Gasteiger partial charge in [-0.15, -0.1) is 0 Å². The number of carbonyl (C=O) groups is 1. The van der Waals surface area contributed by atoms with E-state index >= 15 is 0 Å². The summed E-state index contributed by atoms with van der Waals surface area (Å²) in [6.45, 7) is 6.35. The van der Waals surface area contributed by atoms with E-state index in [0.717, 1.165) is 25.7 Å². The third-order valence-electron chi connectivity index (χ3n) is 6.00. The normalized spacial score (nSPS) is 13.8. The topological polar surface area (TPSA) is 49.3 Å². The van der Waals surface area contributed by atoms with E-state index in [4.69, 9.17) is 0 Å². The van der Waals surface area contributed by atoms with Crippen LogP contribution in [0.2, 0.25) is 0 Å². The second-order valence-electron chi connectivity index (χ2n) is 8.99. The summed E-state index contributed by atoms with van der Waals surface area (Å²) >= 11 is 0. The lowest BCUT2D eigenvalue weighted by molar-refractivity contribution is -0.122. The molecule has 0 aliphatic rings. The number of allylic oxidation sites excluding steroid dienone is 3. The van der Waals surface area contributed by atoms with Crippen LogP contribution in [0.5, 0.6) is 0 Å². The first-order valence-electron chi connectivity index (χ1n) is 13.5. The van der Waals surface area contributed by atoms with Gasteiger partial charge in [-0.25, -0.2) is 0 Å². The standard InChI is InChI=1S/C28H53NO2/c1-4-7-9-11-12-13-14-15-16-17-18-19-20-21-23-25-28(31)29-26(6-3)27(30)24-22-10-8-5-2/h8,10,22,24,26-27,30H,4-7,9,11-21,23,25H2,1-3H3,(H,29,31)/b10-8-,24-22+/t26-,27+/m0/s1. The Morgan fingerprint density at radius 2 is 1.23 bits per heavy atom. The van der Waals surface area contributed by atoms with Gasteiger partial charge in [-0.3, -0.25) is 4.79 Å². The zero-order chi connectivity index (χ0) is 23.0. The van der Waals surface area contributed by atoms with Crippen LogP contribution in [0.1, 0.15) is 136 Å². The Hall–Kier alpha value is -1.09. The van der Waals surface area contributed by atoms with E-state index < -0.39 is 6.10 Å². The van der Waals surface area contributed by atoms with Crippen molar-refractivity contribution >= 4 is 5.91 Å². The van der Waals surface area contributed by atoms with Crippen LogP contribution >= 0.6 is 0 Å². The molecule has 0 heterocycles. The van der Waals surface area contributed by atoms with Crippen molar-refractivity contribution < 1.29 is 9.90 Å². The number of aliphatic hydroxyl groups is 1. The predicted molar refractivity (Wildman–Crippen MR) is 136 cm³/mol. The van der Waals surface area contributed by atoms with Crippen LogP contribution in [0, 0.1) is 0 Å². The molecule has 3 nitrogen and oxygen atoms in total. The van der Waals surface area contributed by atoms with Gasteiger partial charge in [0.15, 0.2) is 0 Å². The lowest BCUT2D eigenvalue weighted by Gasteiger charge is -2.20. The van der Waals surface area contributed by atoms with Gasteiger partial charge in [-0.2, -0.15) is 0 Å². The molecule has 0 rings (SSSR count). The SMILES string of the molecule is CC/C=C\C=C\[C@@H](O)[C@H](CC)NC(=O)CCCCCCCCCCCCCCCCC. The lowest BCUT2D eigenvalue weighted by atomic mass is 10.0. The molecule has 0 radical (unpaired) electrons. The molecule has 0 aliphatic heterocycles. The number of unbranched alkanes of at least 4 members (excludes halogenated alkanes) is 14. The van der Waals surface area contributed by atoms with Gasteiger partial charge in [0.1, 0.15) is 0 Å². The van der Waals surface area contributed by atoms with Gasteiger partial charge in [0.2, 0.25) is 5.91 Å². The first kappa shape index (κ1) is 29.9. The number of amides is 1. The molecule has 0 aliphatic carbocycles. The lowest BCUT2D eigenvalue weighted by Crippen LogP contribution is -2.42. The van der Waals surface area contributed by atoms with Crippen molar-refractivity contribution in [3.05, 3.63) is 24.3 Å². The van der Waals surface area contributed by atoms with Crippen molar-refractivity contribution in [3.63, 3.8) is 0 Å². The minimum atomic E-state index is -0.628. The molecule has 1 amide bonds. The fourth-order valence-electron chi connectivity index (χ4n) is 3.89. The smallest absolute Gasteiger partial charge is 0.220 e. The molecule has 0 spiro atoms. The molecule has 0 fully saturated rings. The van der Waals surface area contributed by atoms with Crippen LogP contribution in [0.4, 0.5) is 0 Å². The predicted octanol–water partition coefficient (Wildman–Crippen LogP) is 8.03. The van der Waals surface area contributed by atoms with E-state index in [0.29, 0.717) is 6.42 Å². The fraction of sp³-hybridized carbons (Fsp3) is 0.821. The molecule has 3 heteroatoms. The Morgan fingerprint density at radius 1 is 0.742 bits per heavy atom. The van der Waals surface area contributed by atoms with E-state index in [1.54, 1.807) is 6.08 Å². The molecule has 0 bridgehead atoms. The summed E-state index contributed by atoms with van der Waals surface area (Å²) in [5, 5.41) is 13.2. The Balaban J connectivity index is 3.56.